The molecular weight excluding hydrogens is 226 g/mol. The second-order valence-electron chi connectivity index (χ2n) is 4.55. The number of anilines is 2. The van der Waals surface area contributed by atoms with Gasteiger partial charge in [-0.1, -0.05) is 0 Å². The summed E-state index contributed by atoms with van der Waals surface area (Å²) in [5, 5.41) is 7.58. The summed E-state index contributed by atoms with van der Waals surface area (Å²) in [7, 11) is 5.91. The second kappa shape index (κ2) is 5.08. The average Bonchev–Trinajstić information content (AvgIpc) is 2.76. The lowest BCUT2D eigenvalue weighted by molar-refractivity contribution is 0.675. The summed E-state index contributed by atoms with van der Waals surface area (Å²) in [6.45, 7) is 2.11. The van der Waals surface area contributed by atoms with Crippen LogP contribution < -0.4 is 10.2 Å². The molecule has 1 atom stereocenters. The first-order chi connectivity index (χ1) is 8.58. The van der Waals surface area contributed by atoms with Crippen LogP contribution in [-0.2, 0) is 7.05 Å². The molecule has 1 N–H and O–H groups in total. The van der Waals surface area contributed by atoms with Gasteiger partial charge in [0.25, 0.3) is 0 Å². The lowest BCUT2D eigenvalue weighted by Crippen LogP contribution is -2.13. The van der Waals surface area contributed by atoms with E-state index in [1.54, 1.807) is 6.20 Å². The Hall–Kier alpha value is -2.04. The van der Waals surface area contributed by atoms with Gasteiger partial charge in [0.2, 0.25) is 0 Å². The summed E-state index contributed by atoms with van der Waals surface area (Å²) in [6.07, 6.45) is 3.66. The molecule has 18 heavy (non-hydrogen) atoms. The number of nitrogens with zero attached hydrogens (tertiary/aromatic N) is 4. The van der Waals surface area contributed by atoms with Crippen molar-refractivity contribution in [3.8, 4) is 0 Å². The minimum absolute atomic E-state index is 0.199. The highest BCUT2D eigenvalue weighted by Gasteiger charge is 2.09. The molecule has 0 aliphatic heterocycles. The van der Waals surface area contributed by atoms with Crippen molar-refractivity contribution in [3.05, 3.63) is 36.3 Å². The first kappa shape index (κ1) is 12.4. The molecule has 2 aromatic heterocycles. The van der Waals surface area contributed by atoms with Crippen molar-refractivity contribution < 1.29 is 0 Å². The highest BCUT2D eigenvalue weighted by molar-refractivity contribution is 5.48. The van der Waals surface area contributed by atoms with Crippen LogP contribution in [0.1, 0.15) is 18.7 Å². The first-order valence-corrected chi connectivity index (χ1v) is 5.95. The molecule has 5 heteroatoms. The van der Waals surface area contributed by atoms with E-state index < -0.39 is 0 Å². The molecule has 2 aromatic rings. The van der Waals surface area contributed by atoms with Crippen molar-refractivity contribution in [2.24, 2.45) is 7.05 Å². The average molecular weight is 245 g/mol. The molecule has 5 nitrogen and oxygen atoms in total. The lowest BCUT2D eigenvalue weighted by atomic mass is 10.2. The molecule has 96 valence electrons. The summed E-state index contributed by atoms with van der Waals surface area (Å²) in [5.74, 6) is 0.953. The van der Waals surface area contributed by atoms with Crippen molar-refractivity contribution >= 4 is 11.5 Å². The molecule has 0 saturated carbocycles. The van der Waals surface area contributed by atoms with Gasteiger partial charge in [0, 0.05) is 27.3 Å². The summed E-state index contributed by atoms with van der Waals surface area (Å²) in [4.78, 5) is 6.36. The molecule has 0 saturated heterocycles. The molecule has 0 bridgehead atoms. The topological polar surface area (TPSA) is 46.0 Å². The van der Waals surface area contributed by atoms with Crippen LogP contribution in [0.4, 0.5) is 11.5 Å². The molecule has 0 aromatic carbocycles. The van der Waals surface area contributed by atoms with Gasteiger partial charge in [-0.15, -0.1) is 0 Å². The van der Waals surface area contributed by atoms with E-state index in [9.17, 15) is 0 Å². The number of pyridine rings is 1. The molecule has 0 radical (unpaired) electrons. The quantitative estimate of drug-likeness (QED) is 0.895. The van der Waals surface area contributed by atoms with Crippen LogP contribution in [-0.4, -0.2) is 28.9 Å². The second-order valence-corrected chi connectivity index (χ2v) is 4.55. The van der Waals surface area contributed by atoms with E-state index >= 15 is 0 Å². The Kier molecular flexibility index (Phi) is 3.50. The number of hydrogen-bond acceptors (Lipinski definition) is 4. The molecule has 0 amide bonds. The number of nitrogens with one attached hydrogen (secondary N) is 1. The Bertz CT molecular complexity index is 500. The van der Waals surface area contributed by atoms with Crippen molar-refractivity contribution in [1.29, 1.82) is 0 Å². The molecular formula is C13H19N5. The monoisotopic (exact) mass is 245 g/mol. The van der Waals surface area contributed by atoms with Gasteiger partial charge >= 0.3 is 0 Å². The minimum atomic E-state index is 0.199. The van der Waals surface area contributed by atoms with Crippen molar-refractivity contribution in [2.75, 3.05) is 24.3 Å². The van der Waals surface area contributed by atoms with E-state index in [-0.39, 0.29) is 6.04 Å². The van der Waals surface area contributed by atoms with Gasteiger partial charge in [-0.2, -0.15) is 5.10 Å². The third-order valence-electron chi connectivity index (χ3n) is 2.89. The van der Waals surface area contributed by atoms with E-state index in [0.717, 1.165) is 17.2 Å². The summed E-state index contributed by atoms with van der Waals surface area (Å²) >= 11 is 0. The predicted molar refractivity (Wildman–Crippen MR) is 73.8 cm³/mol. The predicted octanol–water partition coefficient (Wildman–Crippen LogP) is 2.05. The summed E-state index contributed by atoms with van der Waals surface area (Å²) < 4.78 is 1.87. The Morgan fingerprint density at radius 2 is 2.06 bits per heavy atom. The Labute approximate surface area is 107 Å². The van der Waals surface area contributed by atoms with E-state index in [1.807, 2.05) is 55.1 Å². The largest absolute Gasteiger partial charge is 0.376 e. The zero-order chi connectivity index (χ0) is 13.1. The molecule has 1 unspecified atom stereocenters. The van der Waals surface area contributed by atoms with E-state index in [4.69, 9.17) is 0 Å². The number of aromatic nitrogens is 3. The van der Waals surface area contributed by atoms with Crippen LogP contribution in [0.3, 0.4) is 0 Å². The van der Waals surface area contributed by atoms with E-state index in [2.05, 4.69) is 22.3 Å². The van der Waals surface area contributed by atoms with Gasteiger partial charge in [-0.25, -0.2) is 4.98 Å². The smallest absolute Gasteiger partial charge is 0.128 e. The molecule has 0 spiro atoms. The van der Waals surface area contributed by atoms with Crippen molar-refractivity contribution in [2.45, 2.75) is 13.0 Å². The standard InChI is InChI=1S/C13H19N5/c1-10(12-7-8-15-18(12)4)16-11-5-6-13(14-9-11)17(2)3/h5-10,16H,1-4H3. The zero-order valence-corrected chi connectivity index (χ0v) is 11.3. The van der Waals surface area contributed by atoms with Crippen LogP contribution in [0.2, 0.25) is 0 Å². The highest BCUT2D eigenvalue weighted by atomic mass is 15.3. The van der Waals surface area contributed by atoms with Gasteiger partial charge in [0.05, 0.1) is 23.6 Å². The number of hydrogen-bond donors (Lipinski definition) is 1. The van der Waals surface area contributed by atoms with Crippen LogP contribution in [0, 0.1) is 0 Å². The third-order valence-corrected chi connectivity index (χ3v) is 2.89. The fourth-order valence-corrected chi connectivity index (χ4v) is 1.87. The maximum atomic E-state index is 4.38. The fourth-order valence-electron chi connectivity index (χ4n) is 1.87. The minimum Gasteiger partial charge on any atom is -0.376 e. The fraction of sp³-hybridized carbons (Fsp3) is 0.385. The number of rotatable bonds is 4. The van der Waals surface area contributed by atoms with Crippen LogP contribution >= 0.6 is 0 Å². The SMILES string of the molecule is CC(Nc1ccc(N(C)C)nc1)c1ccnn1C. The third kappa shape index (κ3) is 2.61. The molecule has 0 aliphatic carbocycles. The maximum absolute atomic E-state index is 4.38. The Morgan fingerprint density at radius 1 is 1.28 bits per heavy atom. The van der Waals surface area contributed by atoms with Crippen molar-refractivity contribution in [1.82, 2.24) is 14.8 Å². The van der Waals surface area contributed by atoms with Gasteiger partial charge in [0.15, 0.2) is 0 Å². The molecule has 2 rings (SSSR count). The molecule has 0 aliphatic rings. The normalized spacial score (nSPS) is 12.2. The lowest BCUT2D eigenvalue weighted by Gasteiger charge is -2.16. The van der Waals surface area contributed by atoms with E-state index in [1.165, 1.54) is 0 Å². The van der Waals surface area contributed by atoms with Gasteiger partial charge in [-0.05, 0) is 25.1 Å². The molecule has 0 fully saturated rings. The van der Waals surface area contributed by atoms with Gasteiger partial charge < -0.3 is 10.2 Å². The van der Waals surface area contributed by atoms with Gasteiger partial charge in [0.1, 0.15) is 5.82 Å². The Balaban J connectivity index is 2.08. The van der Waals surface area contributed by atoms with Crippen LogP contribution in [0.15, 0.2) is 30.6 Å². The number of aryl methyl sites for hydroxylation is 1. The van der Waals surface area contributed by atoms with E-state index in [0.29, 0.717) is 0 Å². The summed E-state index contributed by atoms with van der Waals surface area (Å²) in [6, 6.07) is 6.25. The van der Waals surface area contributed by atoms with Gasteiger partial charge in [-0.3, -0.25) is 4.68 Å². The van der Waals surface area contributed by atoms with Crippen LogP contribution in [0.5, 0.6) is 0 Å². The molecule has 2 heterocycles. The van der Waals surface area contributed by atoms with Crippen molar-refractivity contribution in [3.63, 3.8) is 0 Å². The Morgan fingerprint density at radius 3 is 2.56 bits per heavy atom. The first-order valence-electron chi connectivity index (χ1n) is 5.95. The van der Waals surface area contributed by atoms with Crippen LogP contribution in [0.25, 0.3) is 0 Å². The summed E-state index contributed by atoms with van der Waals surface area (Å²) in [5.41, 5.74) is 2.15. The maximum Gasteiger partial charge on any atom is 0.128 e. The highest BCUT2D eigenvalue weighted by Crippen LogP contribution is 2.19. The zero-order valence-electron chi connectivity index (χ0n) is 11.3.